The number of carbonyl (C=O) groups is 4. The van der Waals surface area contributed by atoms with Crippen LogP contribution in [-0.2, 0) is 38.6 Å². The maximum absolute atomic E-state index is 13.3. The maximum atomic E-state index is 13.3. The Morgan fingerprint density at radius 3 is 2.09 bits per heavy atom. The highest BCUT2D eigenvalue weighted by Crippen LogP contribution is 2.21. The monoisotopic (exact) mass is 643 g/mol. The predicted molar refractivity (Wildman–Crippen MR) is 163 cm³/mol. The Labute approximate surface area is 263 Å². The Morgan fingerprint density at radius 1 is 0.891 bits per heavy atom. The number of carbonyl (C=O) groups excluding carboxylic acids is 4. The molecule has 0 radical (unpaired) electrons. The third kappa shape index (κ3) is 10.6. The van der Waals surface area contributed by atoms with Gasteiger partial charge >= 0.3 is 18.2 Å². The number of pyridine rings is 1. The second-order valence-corrected chi connectivity index (χ2v) is 11.9. The fraction of sp³-hybridized carbons (Fsp3) is 0.364. The topological polar surface area (TPSA) is 133 Å². The van der Waals surface area contributed by atoms with Crippen LogP contribution in [0.5, 0.6) is 0 Å². The summed E-state index contributed by atoms with van der Waals surface area (Å²) < 4.78 is 50.8. The van der Waals surface area contributed by atoms with Crippen LogP contribution in [0.25, 0.3) is 0 Å². The molecule has 0 aliphatic carbocycles. The second-order valence-electron chi connectivity index (χ2n) is 11.9. The zero-order valence-corrected chi connectivity index (χ0v) is 26.1. The number of ketones is 1. The van der Waals surface area contributed by atoms with Gasteiger partial charge < -0.3 is 19.4 Å². The van der Waals surface area contributed by atoms with Crippen LogP contribution in [0.15, 0.2) is 71.7 Å². The lowest BCUT2D eigenvalue weighted by Gasteiger charge is -2.22. The average molecular weight is 644 g/mol. The van der Waals surface area contributed by atoms with Crippen molar-refractivity contribution in [3.63, 3.8) is 0 Å². The third-order valence-electron chi connectivity index (χ3n) is 6.45. The number of aromatic nitrogens is 1. The van der Waals surface area contributed by atoms with Crippen LogP contribution >= 0.6 is 0 Å². The minimum atomic E-state index is -5.17. The van der Waals surface area contributed by atoms with Crippen molar-refractivity contribution in [2.24, 2.45) is 5.92 Å². The van der Waals surface area contributed by atoms with Gasteiger partial charge in [-0.1, -0.05) is 56.3 Å². The van der Waals surface area contributed by atoms with Gasteiger partial charge in [0, 0.05) is 6.20 Å². The van der Waals surface area contributed by atoms with Crippen LogP contribution in [0.1, 0.15) is 61.7 Å². The van der Waals surface area contributed by atoms with E-state index < -0.39 is 59.6 Å². The molecular formula is C33H36F3N3O7. The third-order valence-corrected chi connectivity index (χ3v) is 6.45. The first-order valence-corrected chi connectivity index (χ1v) is 14.4. The molecule has 13 heteroatoms. The van der Waals surface area contributed by atoms with Gasteiger partial charge in [-0.05, 0) is 68.0 Å². The molecular weight excluding hydrogens is 607 g/mol. The van der Waals surface area contributed by atoms with E-state index in [1.807, 2.05) is 0 Å². The van der Waals surface area contributed by atoms with E-state index in [-0.39, 0.29) is 18.7 Å². The van der Waals surface area contributed by atoms with Crippen molar-refractivity contribution in [2.75, 3.05) is 5.32 Å². The van der Waals surface area contributed by atoms with E-state index in [2.05, 4.69) is 10.6 Å². The zero-order valence-electron chi connectivity index (χ0n) is 26.1. The van der Waals surface area contributed by atoms with Crippen LogP contribution in [-0.4, -0.2) is 46.1 Å². The van der Waals surface area contributed by atoms with Gasteiger partial charge in [0.2, 0.25) is 5.91 Å². The van der Waals surface area contributed by atoms with Crippen molar-refractivity contribution in [3.05, 3.63) is 99.5 Å². The molecule has 0 aliphatic heterocycles. The lowest BCUT2D eigenvalue weighted by molar-refractivity contribution is -0.174. The SMILES string of the molecule is CC(C)C(NC(=O)Cn1cc(Cc2ccc(C(=O)OC(C)(C)C)cc2)cc(NC(=O)OCc2ccccc2)c1=O)C(=O)C(F)(F)F. The molecule has 2 amide bonds. The molecule has 0 aliphatic rings. The summed E-state index contributed by atoms with van der Waals surface area (Å²) in [6, 6.07) is 14.8. The number of esters is 1. The Kier molecular flexibility index (Phi) is 11.5. The standard InChI is InChI=1S/C33H36F3N3O7/c1-20(2)27(28(41)33(34,35)36)38-26(40)18-39-17-23(15-21-11-13-24(14-12-21)30(43)46-32(3,4)5)16-25(29(39)42)37-31(44)45-19-22-9-7-6-8-10-22/h6-14,16-17,20,27H,15,18-19H2,1-5H3,(H,37,44)(H,38,40). The van der Waals surface area contributed by atoms with Crippen molar-refractivity contribution in [2.45, 2.75) is 72.0 Å². The molecule has 3 aromatic rings. The van der Waals surface area contributed by atoms with Gasteiger partial charge in [0.1, 0.15) is 24.4 Å². The molecule has 2 aromatic carbocycles. The molecule has 1 aromatic heterocycles. The molecule has 1 atom stereocenters. The molecule has 1 unspecified atom stereocenters. The highest BCUT2D eigenvalue weighted by atomic mass is 19.4. The van der Waals surface area contributed by atoms with E-state index in [0.717, 1.165) is 4.57 Å². The van der Waals surface area contributed by atoms with Gasteiger partial charge in [-0.2, -0.15) is 13.2 Å². The van der Waals surface area contributed by atoms with Gasteiger partial charge in [-0.15, -0.1) is 0 Å². The van der Waals surface area contributed by atoms with Crippen molar-refractivity contribution < 1.29 is 41.8 Å². The van der Waals surface area contributed by atoms with E-state index in [1.54, 1.807) is 75.4 Å². The summed E-state index contributed by atoms with van der Waals surface area (Å²) >= 11 is 0. The Morgan fingerprint density at radius 2 is 1.52 bits per heavy atom. The summed E-state index contributed by atoms with van der Waals surface area (Å²) in [7, 11) is 0. The van der Waals surface area contributed by atoms with Crippen molar-refractivity contribution >= 4 is 29.4 Å². The first kappa shape index (κ1) is 35.5. The Balaban J connectivity index is 1.88. The summed E-state index contributed by atoms with van der Waals surface area (Å²) in [6.07, 6.45) is -4.63. The summed E-state index contributed by atoms with van der Waals surface area (Å²) in [5, 5.41) is 4.45. The zero-order chi connectivity index (χ0) is 34.2. The average Bonchev–Trinajstić information content (AvgIpc) is 2.96. The van der Waals surface area contributed by atoms with Crippen LogP contribution in [0.2, 0.25) is 0 Å². The van der Waals surface area contributed by atoms with E-state index in [0.29, 0.717) is 22.3 Å². The van der Waals surface area contributed by atoms with Crippen LogP contribution in [0.4, 0.5) is 23.7 Å². The minimum Gasteiger partial charge on any atom is -0.456 e. The first-order valence-electron chi connectivity index (χ1n) is 14.4. The normalized spacial score (nSPS) is 12.3. The number of alkyl halides is 3. The van der Waals surface area contributed by atoms with E-state index in [9.17, 15) is 37.1 Å². The van der Waals surface area contributed by atoms with Gasteiger partial charge in [-0.25, -0.2) is 9.59 Å². The molecule has 0 bridgehead atoms. The molecule has 1 heterocycles. The lowest BCUT2D eigenvalue weighted by atomic mass is 9.99. The summed E-state index contributed by atoms with van der Waals surface area (Å²) in [5.41, 5.74) is 0.370. The number of hydrogen-bond donors (Lipinski definition) is 2. The summed E-state index contributed by atoms with van der Waals surface area (Å²) in [5.74, 6) is -4.53. The Bertz CT molecular complexity index is 1610. The molecule has 0 fully saturated rings. The molecule has 246 valence electrons. The molecule has 10 nitrogen and oxygen atoms in total. The van der Waals surface area contributed by atoms with Gasteiger partial charge in [0.25, 0.3) is 11.3 Å². The van der Waals surface area contributed by atoms with E-state index >= 15 is 0 Å². The molecule has 2 N–H and O–H groups in total. The van der Waals surface area contributed by atoms with E-state index in [4.69, 9.17) is 9.47 Å². The predicted octanol–water partition coefficient (Wildman–Crippen LogP) is 5.42. The van der Waals surface area contributed by atoms with Gasteiger partial charge in [0.05, 0.1) is 11.6 Å². The summed E-state index contributed by atoms with van der Waals surface area (Å²) in [6.45, 7) is 7.10. The number of hydrogen-bond acceptors (Lipinski definition) is 7. The molecule has 3 rings (SSSR count). The van der Waals surface area contributed by atoms with Crippen LogP contribution < -0.4 is 16.2 Å². The van der Waals surface area contributed by atoms with E-state index in [1.165, 1.54) is 26.1 Å². The fourth-order valence-corrected chi connectivity index (χ4v) is 4.29. The number of ether oxygens (including phenoxy) is 2. The van der Waals surface area contributed by atoms with Crippen molar-refractivity contribution in [3.8, 4) is 0 Å². The smallest absolute Gasteiger partial charge is 0.452 e. The van der Waals surface area contributed by atoms with Crippen LogP contribution in [0.3, 0.4) is 0 Å². The van der Waals surface area contributed by atoms with Gasteiger partial charge in [-0.3, -0.25) is 19.7 Å². The Hall–Kier alpha value is -4.94. The molecule has 0 saturated carbocycles. The quantitative estimate of drug-likeness (QED) is 0.267. The largest absolute Gasteiger partial charge is 0.456 e. The minimum absolute atomic E-state index is 0.0865. The molecule has 46 heavy (non-hydrogen) atoms. The fourth-order valence-electron chi connectivity index (χ4n) is 4.29. The lowest BCUT2D eigenvalue weighted by Crippen LogP contribution is -2.50. The first-order chi connectivity index (χ1) is 21.4. The molecule has 0 saturated heterocycles. The molecule has 0 spiro atoms. The number of Topliss-reactive ketones (excluding diaryl/α,β-unsaturated/α-hetero) is 1. The highest BCUT2D eigenvalue weighted by molar-refractivity contribution is 5.93. The van der Waals surface area contributed by atoms with Crippen molar-refractivity contribution in [1.82, 2.24) is 9.88 Å². The number of benzene rings is 2. The number of amides is 2. The second kappa shape index (κ2) is 14.9. The van der Waals surface area contributed by atoms with Gasteiger partial charge in [0.15, 0.2) is 0 Å². The summed E-state index contributed by atoms with van der Waals surface area (Å²) in [4.78, 5) is 63.0. The number of nitrogens with one attached hydrogen (secondary N) is 2. The van der Waals surface area contributed by atoms with Crippen molar-refractivity contribution in [1.29, 1.82) is 0 Å². The number of rotatable bonds is 11. The number of nitrogens with zero attached hydrogens (tertiary/aromatic N) is 1. The highest BCUT2D eigenvalue weighted by Gasteiger charge is 2.45. The van der Waals surface area contributed by atoms with Crippen LogP contribution in [0, 0.1) is 5.92 Å². The number of anilines is 1. The maximum Gasteiger partial charge on any atom is 0.452 e. The number of halogens is 3.